The van der Waals surface area contributed by atoms with Crippen LogP contribution in [0.5, 0.6) is 0 Å². The smallest absolute Gasteiger partial charge is 0.181 e. The quantitative estimate of drug-likeness (QED) is 0.843. The molecule has 0 radical (unpaired) electrons. The number of halogens is 1. The van der Waals surface area contributed by atoms with Crippen molar-refractivity contribution >= 4 is 0 Å². The van der Waals surface area contributed by atoms with E-state index in [1.165, 1.54) is 6.07 Å². The number of hydrogen-bond donors (Lipinski definition) is 1. The molecule has 1 aromatic carbocycles. The third-order valence-corrected chi connectivity index (χ3v) is 2.47. The van der Waals surface area contributed by atoms with Crippen molar-refractivity contribution in [2.75, 3.05) is 0 Å². The summed E-state index contributed by atoms with van der Waals surface area (Å²) in [6.45, 7) is 5.81. The van der Waals surface area contributed by atoms with Gasteiger partial charge >= 0.3 is 0 Å². The van der Waals surface area contributed by atoms with Crippen molar-refractivity contribution in [3.8, 4) is 11.4 Å². The van der Waals surface area contributed by atoms with Crippen molar-refractivity contribution in [1.82, 2.24) is 15.2 Å². The molecule has 4 heteroatoms. The van der Waals surface area contributed by atoms with E-state index in [1.54, 1.807) is 19.1 Å². The molecule has 0 saturated carbocycles. The Bertz CT molecular complexity index is 503. The highest BCUT2D eigenvalue weighted by Crippen LogP contribution is 2.19. The number of nitrogens with zero attached hydrogens (tertiary/aromatic N) is 2. The second-order valence-corrected chi connectivity index (χ2v) is 4.16. The normalized spacial score (nSPS) is 11.1. The summed E-state index contributed by atoms with van der Waals surface area (Å²) in [7, 11) is 0. The first kappa shape index (κ1) is 10.8. The summed E-state index contributed by atoms with van der Waals surface area (Å²) in [5.41, 5.74) is 1.44. The minimum Gasteiger partial charge on any atom is -0.262 e. The Morgan fingerprint density at radius 1 is 1.31 bits per heavy atom. The van der Waals surface area contributed by atoms with Gasteiger partial charge < -0.3 is 0 Å². The molecule has 1 N–H and O–H groups in total. The lowest BCUT2D eigenvalue weighted by molar-refractivity contribution is 0.618. The molecule has 0 aliphatic rings. The van der Waals surface area contributed by atoms with E-state index < -0.39 is 0 Å². The first-order chi connectivity index (χ1) is 7.58. The van der Waals surface area contributed by atoms with Gasteiger partial charge in [-0.2, -0.15) is 5.10 Å². The molecule has 1 aromatic heterocycles. The van der Waals surface area contributed by atoms with Crippen LogP contribution in [0.2, 0.25) is 0 Å². The van der Waals surface area contributed by atoms with Gasteiger partial charge in [0.1, 0.15) is 11.6 Å². The van der Waals surface area contributed by atoms with Gasteiger partial charge in [-0.05, 0) is 30.7 Å². The molecule has 0 aliphatic carbocycles. The van der Waals surface area contributed by atoms with E-state index in [1.807, 2.05) is 13.8 Å². The van der Waals surface area contributed by atoms with Gasteiger partial charge in [0.2, 0.25) is 0 Å². The van der Waals surface area contributed by atoms with Gasteiger partial charge in [0.25, 0.3) is 0 Å². The Kier molecular flexibility index (Phi) is 2.73. The second-order valence-electron chi connectivity index (χ2n) is 4.16. The number of rotatable bonds is 2. The van der Waals surface area contributed by atoms with Gasteiger partial charge in [-0.15, -0.1) is 0 Å². The number of hydrogen-bond acceptors (Lipinski definition) is 2. The highest BCUT2D eigenvalue weighted by atomic mass is 19.1. The Hall–Kier alpha value is -1.71. The molecule has 0 amide bonds. The average molecular weight is 219 g/mol. The van der Waals surface area contributed by atoms with E-state index in [0.29, 0.717) is 17.3 Å². The van der Waals surface area contributed by atoms with Crippen LogP contribution in [0.4, 0.5) is 4.39 Å². The minimum atomic E-state index is -0.205. The van der Waals surface area contributed by atoms with Crippen LogP contribution in [-0.2, 0) is 0 Å². The number of aryl methyl sites for hydroxylation is 1. The van der Waals surface area contributed by atoms with E-state index in [2.05, 4.69) is 15.2 Å². The lowest BCUT2D eigenvalue weighted by atomic mass is 10.1. The SMILES string of the molecule is Cc1cc(-c2n[nH]c(C(C)C)n2)ccc1F. The molecule has 0 atom stereocenters. The van der Waals surface area contributed by atoms with Crippen molar-refractivity contribution in [1.29, 1.82) is 0 Å². The summed E-state index contributed by atoms with van der Waals surface area (Å²) in [4.78, 5) is 4.36. The van der Waals surface area contributed by atoms with Crippen LogP contribution in [0.15, 0.2) is 18.2 Å². The number of nitrogens with one attached hydrogen (secondary N) is 1. The van der Waals surface area contributed by atoms with Crippen LogP contribution in [0.3, 0.4) is 0 Å². The van der Waals surface area contributed by atoms with Crippen LogP contribution >= 0.6 is 0 Å². The molecule has 3 nitrogen and oxygen atoms in total. The van der Waals surface area contributed by atoms with Gasteiger partial charge in [-0.25, -0.2) is 9.37 Å². The summed E-state index contributed by atoms with van der Waals surface area (Å²) >= 11 is 0. The molecule has 16 heavy (non-hydrogen) atoms. The predicted octanol–water partition coefficient (Wildman–Crippen LogP) is 3.04. The lowest BCUT2D eigenvalue weighted by Gasteiger charge is -1.99. The van der Waals surface area contributed by atoms with Crippen LogP contribution in [0, 0.1) is 12.7 Å². The van der Waals surface area contributed by atoms with E-state index in [9.17, 15) is 4.39 Å². The summed E-state index contributed by atoms with van der Waals surface area (Å²) in [6, 6.07) is 4.88. The van der Waals surface area contributed by atoms with Crippen LogP contribution in [0.25, 0.3) is 11.4 Å². The fourth-order valence-corrected chi connectivity index (χ4v) is 1.45. The molecule has 0 saturated heterocycles. The summed E-state index contributed by atoms with van der Waals surface area (Å²) < 4.78 is 13.1. The number of aromatic amines is 1. The molecule has 0 bridgehead atoms. The number of H-pyrrole nitrogens is 1. The van der Waals surface area contributed by atoms with E-state index >= 15 is 0 Å². The molecule has 1 heterocycles. The topological polar surface area (TPSA) is 41.6 Å². The zero-order valence-corrected chi connectivity index (χ0v) is 9.58. The monoisotopic (exact) mass is 219 g/mol. The molecule has 2 aromatic rings. The zero-order valence-electron chi connectivity index (χ0n) is 9.58. The molecule has 0 spiro atoms. The minimum absolute atomic E-state index is 0.205. The maximum atomic E-state index is 13.1. The van der Waals surface area contributed by atoms with Gasteiger partial charge in [-0.1, -0.05) is 13.8 Å². The van der Waals surface area contributed by atoms with Crippen LogP contribution in [0.1, 0.15) is 31.2 Å². The Morgan fingerprint density at radius 2 is 2.06 bits per heavy atom. The van der Waals surface area contributed by atoms with Gasteiger partial charge in [0.15, 0.2) is 5.82 Å². The molecule has 0 unspecified atom stereocenters. The zero-order chi connectivity index (χ0) is 11.7. The first-order valence-electron chi connectivity index (χ1n) is 5.26. The highest BCUT2D eigenvalue weighted by molar-refractivity contribution is 5.55. The van der Waals surface area contributed by atoms with Gasteiger partial charge in [-0.3, -0.25) is 5.10 Å². The molecular formula is C12H14FN3. The summed E-state index contributed by atoms with van der Waals surface area (Å²) in [6.07, 6.45) is 0. The molecule has 0 fully saturated rings. The van der Waals surface area contributed by atoms with E-state index in [-0.39, 0.29) is 5.82 Å². The summed E-state index contributed by atoms with van der Waals surface area (Å²) in [5, 5.41) is 7.00. The summed E-state index contributed by atoms with van der Waals surface area (Å²) in [5.74, 6) is 1.56. The van der Waals surface area contributed by atoms with Crippen molar-refractivity contribution in [3.63, 3.8) is 0 Å². The van der Waals surface area contributed by atoms with Crippen molar-refractivity contribution in [3.05, 3.63) is 35.4 Å². The second kappa shape index (κ2) is 4.04. The molecule has 2 rings (SSSR count). The largest absolute Gasteiger partial charge is 0.262 e. The van der Waals surface area contributed by atoms with Gasteiger partial charge in [0, 0.05) is 11.5 Å². The van der Waals surface area contributed by atoms with E-state index in [4.69, 9.17) is 0 Å². The number of aromatic nitrogens is 3. The van der Waals surface area contributed by atoms with Crippen LogP contribution < -0.4 is 0 Å². The Labute approximate surface area is 93.7 Å². The molecule has 0 aliphatic heterocycles. The lowest BCUT2D eigenvalue weighted by Crippen LogP contribution is -1.89. The van der Waals surface area contributed by atoms with Crippen molar-refractivity contribution < 1.29 is 4.39 Å². The maximum Gasteiger partial charge on any atom is 0.181 e. The first-order valence-corrected chi connectivity index (χ1v) is 5.26. The Balaban J connectivity index is 2.39. The Morgan fingerprint density at radius 3 is 2.62 bits per heavy atom. The van der Waals surface area contributed by atoms with Crippen LogP contribution in [-0.4, -0.2) is 15.2 Å². The van der Waals surface area contributed by atoms with Gasteiger partial charge in [0.05, 0.1) is 0 Å². The third-order valence-electron chi connectivity index (χ3n) is 2.47. The highest BCUT2D eigenvalue weighted by Gasteiger charge is 2.09. The fraction of sp³-hybridized carbons (Fsp3) is 0.333. The third kappa shape index (κ3) is 1.96. The average Bonchev–Trinajstić information content (AvgIpc) is 2.71. The standard InChI is InChI=1S/C12H14FN3/c1-7(2)11-14-12(16-15-11)9-4-5-10(13)8(3)6-9/h4-7H,1-3H3,(H,14,15,16). The number of benzene rings is 1. The van der Waals surface area contributed by atoms with Crippen molar-refractivity contribution in [2.24, 2.45) is 0 Å². The predicted molar refractivity (Wildman–Crippen MR) is 60.6 cm³/mol. The molecular weight excluding hydrogens is 205 g/mol. The van der Waals surface area contributed by atoms with Crippen molar-refractivity contribution in [2.45, 2.75) is 26.7 Å². The molecule has 84 valence electrons. The maximum absolute atomic E-state index is 13.1. The van der Waals surface area contributed by atoms with E-state index in [0.717, 1.165) is 11.4 Å². The fourth-order valence-electron chi connectivity index (χ4n) is 1.45.